The Hall–Kier alpha value is -1.51. The zero-order valence-electron chi connectivity index (χ0n) is 7.95. The van der Waals surface area contributed by atoms with Crippen LogP contribution in [-0.4, -0.2) is 19.9 Å². The Morgan fingerprint density at radius 2 is 2.08 bits per heavy atom. The molecule has 0 spiro atoms. The van der Waals surface area contributed by atoms with Crippen LogP contribution in [0.25, 0.3) is 0 Å². The first-order chi connectivity index (χ1) is 6.36. The molecule has 1 N–H and O–H groups in total. The monoisotopic (exact) mass is 178 g/mol. The molecule has 3 nitrogen and oxygen atoms in total. The Kier molecular flexibility index (Phi) is 3.82. The fraction of sp³-hybridized carbons (Fsp3) is 0.300. The molecular weight excluding hydrogens is 164 g/mol. The topological polar surface area (TPSA) is 33.6 Å². The summed E-state index contributed by atoms with van der Waals surface area (Å²) in [6, 6.07) is 7.79. The van der Waals surface area contributed by atoms with Crippen molar-refractivity contribution in [3.8, 4) is 5.75 Å². The van der Waals surface area contributed by atoms with Crippen molar-refractivity contribution in [2.45, 2.75) is 6.92 Å². The summed E-state index contributed by atoms with van der Waals surface area (Å²) < 4.78 is 5.31. The van der Waals surface area contributed by atoms with Gasteiger partial charge < -0.3 is 10.2 Å². The molecule has 0 saturated carbocycles. The Bertz CT molecular complexity index is 267. The van der Waals surface area contributed by atoms with Gasteiger partial charge >= 0.3 is 0 Å². The van der Waals surface area contributed by atoms with Gasteiger partial charge in [-0.05, 0) is 36.8 Å². The highest BCUT2D eigenvalue weighted by atomic mass is 16.5. The third kappa shape index (κ3) is 3.15. The zero-order chi connectivity index (χ0) is 9.52. The van der Waals surface area contributed by atoms with Crippen LogP contribution in [0.5, 0.6) is 5.75 Å². The normalized spacial score (nSPS) is 10.3. The molecule has 3 heteroatoms. The molecule has 0 atom stereocenters. The molecule has 1 rings (SSSR count). The van der Waals surface area contributed by atoms with E-state index in [2.05, 4.69) is 10.5 Å². The van der Waals surface area contributed by atoms with Crippen LogP contribution in [0.1, 0.15) is 12.5 Å². The van der Waals surface area contributed by atoms with Crippen LogP contribution in [0.15, 0.2) is 29.4 Å². The number of nitrogens with zero attached hydrogens (tertiary/aromatic N) is 1. The average Bonchev–Trinajstić information content (AvgIpc) is 2.17. The maximum absolute atomic E-state index is 5.31. The minimum absolute atomic E-state index is 0.698. The molecule has 1 aromatic carbocycles. The molecular formula is C10H14N2O. The standard InChI is InChI=1S/C10H14N2O/c1-3-13-10-6-4-9(5-7-10)8-12-11-2/h4-8,11H,3H2,1-2H3/b12-8+. The maximum atomic E-state index is 5.31. The fourth-order valence-corrected chi connectivity index (χ4v) is 0.956. The van der Waals surface area contributed by atoms with E-state index >= 15 is 0 Å². The lowest BCUT2D eigenvalue weighted by molar-refractivity contribution is 0.340. The Balaban J connectivity index is 2.64. The second-order valence-electron chi connectivity index (χ2n) is 2.48. The third-order valence-electron chi connectivity index (χ3n) is 1.53. The molecule has 0 aliphatic heterocycles. The molecule has 1 aromatic rings. The molecule has 0 aliphatic carbocycles. The van der Waals surface area contributed by atoms with Crippen LogP contribution in [0.4, 0.5) is 0 Å². The third-order valence-corrected chi connectivity index (χ3v) is 1.53. The summed E-state index contributed by atoms with van der Waals surface area (Å²) in [5.41, 5.74) is 3.75. The van der Waals surface area contributed by atoms with Crippen molar-refractivity contribution in [3.05, 3.63) is 29.8 Å². The summed E-state index contributed by atoms with van der Waals surface area (Å²) >= 11 is 0. The van der Waals surface area contributed by atoms with Crippen molar-refractivity contribution >= 4 is 6.21 Å². The van der Waals surface area contributed by atoms with E-state index in [-0.39, 0.29) is 0 Å². The van der Waals surface area contributed by atoms with Gasteiger partial charge in [0.25, 0.3) is 0 Å². The summed E-state index contributed by atoms with van der Waals surface area (Å²) in [5.74, 6) is 0.893. The van der Waals surface area contributed by atoms with Gasteiger partial charge in [0.2, 0.25) is 0 Å². The molecule has 0 fully saturated rings. The van der Waals surface area contributed by atoms with Crippen LogP contribution < -0.4 is 10.2 Å². The fourth-order valence-electron chi connectivity index (χ4n) is 0.956. The Morgan fingerprint density at radius 3 is 2.62 bits per heavy atom. The van der Waals surface area contributed by atoms with Gasteiger partial charge in [-0.25, -0.2) is 0 Å². The van der Waals surface area contributed by atoms with Crippen molar-refractivity contribution in [2.24, 2.45) is 5.10 Å². The van der Waals surface area contributed by atoms with E-state index in [1.807, 2.05) is 31.2 Å². The van der Waals surface area contributed by atoms with Gasteiger partial charge in [0.1, 0.15) is 5.75 Å². The number of hydrogen-bond donors (Lipinski definition) is 1. The van der Waals surface area contributed by atoms with E-state index in [1.54, 1.807) is 13.3 Å². The minimum Gasteiger partial charge on any atom is -0.494 e. The second kappa shape index (κ2) is 5.19. The van der Waals surface area contributed by atoms with Crippen LogP contribution in [0.2, 0.25) is 0 Å². The number of benzene rings is 1. The van der Waals surface area contributed by atoms with Crippen molar-refractivity contribution in [3.63, 3.8) is 0 Å². The van der Waals surface area contributed by atoms with Gasteiger partial charge in [-0.3, -0.25) is 0 Å². The van der Waals surface area contributed by atoms with E-state index in [0.29, 0.717) is 6.61 Å². The lowest BCUT2D eigenvalue weighted by Gasteiger charge is -2.01. The molecule has 70 valence electrons. The zero-order valence-corrected chi connectivity index (χ0v) is 7.95. The summed E-state index contributed by atoms with van der Waals surface area (Å²) in [4.78, 5) is 0. The molecule has 0 unspecified atom stereocenters. The van der Waals surface area contributed by atoms with E-state index in [4.69, 9.17) is 4.74 Å². The SMILES string of the molecule is CCOc1ccc(/C=N/NC)cc1. The molecule has 0 aromatic heterocycles. The number of hydrazone groups is 1. The Labute approximate surface area is 78.4 Å². The lowest BCUT2D eigenvalue weighted by atomic mass is 10.2. The van der Waals surface area contributed by atoms with Gasteiger partial charge in [-0.2, -0.15) is 5.10 Å². The van der Waals surface area contributed by atoms with Crippen LogP contribution in [0.3, 0.4) is 0 Å². The van der Waals surface area contributed by atoms with Gasteiger partial charge in [-0.15, -0.1) is 0 Å². The van der Waals surface area contributed by atoms with Gasteiger partial charge in [0.05, 0.1) is 12.8 Å². The van der Waals surface area contributed by atoms with Crippen LogP contribution in [0, 0.1) is 0 Å². The number of nitrogens with one attached hydrogen (secondary N) is 1. The molecule has 0 aliphatic rings. The van der Waals surface area contributed by atoms with Gasteiger partial charge in [0, 0.05) is 7.05 Å². The van der Waals surface area contributed by atoms with Crippen molar-refractivity contribution < 1.29 is 4.74 Å². The number of rotatable bonds is 4. The van der Waals surface area contributed by atoms with E-state index < -0.39 is 0 Å². The molecule has 0 bridgehead atoms. The smallest absolute Gasteiger partial charge is 0.119 e. The summed E-state index contributed by atoms with van der Waals surface area (Å²) in [7, 11) is 1.77. The molecule has 0 heterocycles. The van der Waals surface area contributed by atoms with Crippen LogP contribution >= 0.6 is 0 Å². The predicted octanol–water partition coefficient (Wildman–Crippen LogP) is 1.64. The second-order valence-corrected chi connectivity index (χ2v) is 2.48. The molecule has 13 heavy (non-hydrogen) atoms. The van der Waals surface area contributed by atoms with Gasteiger partial charge in [-0.1, -0.05) is 0 Å². The summed E-state index contributed by atoms with van der Waals surface area (Å²) in [5, 5.41) is 3.90. The highest BCUT2D eigenvalue weighted by molar-refractivity contribution is 5.79. The highest BCUT2D eigenvalue weighted by Gasteiger charge is 1.90. The van der Waals surface area contributed by atoms with Crippen molar-refractivity contribution in [2.75, 3.05) is 13.7 Å². The summed E-state index contributed by atoms with van der Waals surface area (Å²) in [6.45, 7) is 2.67. The first kappa shape index (κ1) is 9.58. The first-order valence-corrected chi connectivity index (χ1v) is 4.29. The van der Waals surface area contributed by atoms with Crippen LogP contribution in [-0.2, 0) is 0 Å². The first-order valence-electron chi connectivity index (χ1n) is 4.29. The molecule has 0 amide bonds. The average molecular weight is 178 g/mol. The summed E-state index contributed by atoms with van der Waals surface area (Å²) in [6.07, 6.45) is 1.76. The highest BCUT2D eigenvalue weighted by Crippen LogP contribution is 2.10. The Morgan fingerprint density at radius 1 is 1.38 bits per heavy atom. The van der Waals surface area contributed by atoms with E-state index in [9.17, 15) is 0 Å². The lowest BCUT2D eigenvalue weighted by Crippen LogP contribution is -1.95. The van der Waals surface area contributed by atoms with Crippen molar-refractivity contribution in [1.82, 2.24) is 5.43 Å². The van der Waals surface area contributed by atoms with Crippen molar-refractivity contribution in [1.29, 1.82) is 0 Å². The number of hydrogen-bond acceptors (Lipinski definition) is 3. The molecule has 0 radical (unpaired) electrons. The molecule has 0 saturated heterocycles. The number of ether oxygens (including phenoxy) is 1. The van der Waals surface area contributed by atoms with E-state index in [0.717, 1.165) is 11.3 Å². The predicted molar refractivity (Wildman–Crippen MR) is 54.3 cm³/mol. The minimum atomic E-state index is 0.698. The largest absolute Gasteiger partial charge is 0.494 e. The maximum Gasteiger partial charge on any atom is 0.119 e. The van der Waals surface area contributed by atoms with E-state index in [1.165, 1.54) is 0 Å². The van der Waals surface area contributed by atoms with Gasteiger partial charge in [0.15, 0.2) is 0 Å². The quantitative estimate of drug-likeness (QED) is 0.561.